The van der Waals surface area contributed by atoms with E-state index < -0.39 is 11.2 Å². The second-order valence-corrected chi connectivity index (χ2v) is 6.91. The zero-order chi connectivity index (χ0) is 20.4. The Balaban J connectivity index is 1.73. The quantitative estimate of drug-likeness (QED) is 0.548. The van der Waals surface area contributed by atoms with Crippen molar-refractivity contribution in [1.29, 1.82) is 0 Å². The van der Waals surface area contributed by atoms with E-state index in [1.807, 2.05) is 60.7 Å². The van der Waals surface area contributed by atoms with Crippen molar-refractivity contribution in [2.45, 2.75) is 13.1 Å². The van der Waals surface area contributed by atoms with Crippen LogP contribution in [0, 0.1) is 0 Å². The summed E-state index contributed by atoms with van der Waals surface area (Å²) in [5.74, 6) is 0.137. The number of aromatic nitrogens is 3. The van der Waals surface area contributed by atoms with Crippen molar-refractivity contribution < 1.29 is 0 Å². The number of nitrogens with zero attached hydrogens (tertiary/aromatic N) is 3. The molecule has 3 N–H and O–H groups in total. The van der Waals surface area contributed by atoms with E-state index in [0.717, 1.165) is 22.0 Å². The van der Waals surface area contributed by atoms with Gasteiger partial charge in [-0.05, 0) is 17.2 Å². The van der Waals surface area contributed by atoms with Gasteiger partial charge in [-0.3, -0.25) is 19.3 Å². The van der Waals surface area contributed by atoms with Crippen LogP contribution in [0.3, 0.4) is 0 Å². The fourth-order valence-corrected chi connectivity index (χ4v) is 3.50. The largest absolute Gasteiger partial charge is 0.383 e. The van der Waals surface area contributed by atoms with Gasteiger partial charge in [0.05, 0.1) is 12.1 Å². The highest BCUT2D eigenvalue weighted by Crippen LogP contribution is 2.22. The smallest absolute Gasteiger partial charge is 0.330 e. The van der Waals surface area contributed by atoms with Gasteiger partial charge in [0.15, 0.2) is 0 Å². The highest BCUT2D eigenvalue weighted by atomic mass is 16.2. The molecule has 0 aliphatic carbocycles. The number of benzene rings is 2. The molecule has 0 aliphatic rings. The van der Waals surface area contributed by atoms with Gasteiger partial charge in [0.2, 0.25) is 0 Å². The molecule has 0 unspecified atom stereocenters. The Morgan fingerprint density at radius 2 is 1.79 bits per heavy atom. The SMILES string of the molecule is CN(Cc1cccc2cccnc12)c1c(N)n(Cc2ccccc2)c(=O)[nH]c1=O. The standard InChI is InChI=1S/C22H21N5O2/c1-26(14-17-10-5-9-16-11-6-12-24-18(16)17)19-20(23)27(22(29)25-21(19)28)13-15-7-3-2-4-8-15/h2-12H,13-14,23H2,1H3,(H,25,28,29). The van der Waals surface area contributed by atoms with Crippen molar-refractivity contribution >= 4 is 22.4 Å². The van der Waals surface area contributed by atoms with Gasteiger partial charge in [-0.15, -0.1) is 0 Å². The molecule has 2 aromatic heterocycles. The summed E-state index contributed by atoms with van der Waals surface area (Å²) in [6.45, 7) is 0.699. The first-order chi connectivity index (χ1) is 14.0. The van der Waals surface area contributed by atoms with Crippen LogP contribution in [0.25, 0.3) is 10.9 Å². The van der Waals surface area contributed by atoms with Crippen LogP contribution in [-0.4, -0.2) is 21.6 Å². The van der Waals surface area contributed by atoms with Crippen LogP contribution in [0.2, 0.25) is 0 Å². The molecule has 7 nitrogen and oxygen atoms in total. The van der Waals surface area contributed by atoms with Gasteiger partial charge >= 0.3 is 5.69 Å². The number of rotatable bonds is 5. The van der Waals surface area contributed by atoms with Crippen molar-refractivity contribution in [2.24, 2.45) is 0 Å². The molecule has 0 radical (unpaired) electrons. The van der Waals surface area contributed by atoms with Crippen molar-refractivity contribution in [3.8, 4) is 0 Å². The number of para-hydroxylation sites is 1. The molecule has 2 aromatic carbocycles. The molecule has 146 valence electrons. The summed E-state index contributed by atoms with van der Waals surface area (Å²) in [7, 11) is 1.78. The van der Waals surface area contributed by atoms with Crippen molar-refractivity contribution in [3.63, 3.8) is 0 Å². The van der Waals surface area contributed by atoms with E-state index in [9.17, 15) is 9.59 Å². The average molecular weight is 387 g/mol. The Bertz CT molecular complexity index is 1270. The van der Waals surface area contributed by atoms with E-state index in [0.29, 0.717) is 6.54 Å². The summed E-state index contributed by atoms with van der Waals surface area (Å²) in [6, 6.07) is 19.3. The molecule has 0 spiro atoms. The highest BCUT2D eigenvalue weighted by Gasteiger charge is 2.17. The predicted octanol–water partition coefficient (Wildman–Crippen LogP) is 2.35. The van der Waals surface area contributed by atoms with Gasteiger partial charge in [-0.1, -0.05) is 54.6 Å². The van der Waals surface area contributed by atoms with Crippen LogP contribution >= 0.6 is 0 Å². The number of pyridine rings is 1. The number of anilines is 2. The first-order valence-corrected chi connectivity index (χ1v) is 9.25. The van der Waals surface area contributed by atoms with Gasteiger partial charge in [0, 0.05) is 25.2 Å². The van der Waals surface area contributed by atoms with E-state index in [-0.39, 0.29) is 18.1 Å². The molecule has 2 heterocycles. The minimum Gasteiger partial charge on any atom is -0.383 e. The van der Waals surface area contributed by atoms with Gasteiger partial charge in [-0.2, -0.15) is 0 Å². The summed E-state index contributed by atoms with van der Waals surface area (Å²) < 4.78 is 1.38. The molecule has 0 aliphatic heterocycles. The lowest BCUT2D eigenvalue weighted by atomic mass is 10.1. The maximum absolute atomic E-state index is 12.6. The molecule has 0 amide bonds. The van der Waals surface area contributed by atoms with Crippen LogP contribution in [0.4, 0.5) is 11.5 Å². The predicted molar refractivity (Wildman–Crippen MR) is 115 cm³/mol. The second kappa shape index (κ2) is 7.63. The molecule has 4 rings (SSSR count). The molecule has 7 heteroatoms. The Hall–Kier alpha value is -3.87. The van der Waals surface area contributed by atoms with Gasteiger partial charge < -0.3 is 10.6 Å². The van der Waals surface area contributed by atoms with Gasteiger partial charge in [0.25, 0.3) is 5.56 Å². The fourth-order valence-electron chi connectivity index (χ4n) is 3.50. The summed E-state index contributed by atoms with van der Waals surface area (Å²) in [5.41, 5.74) is 8.26. The number of nitrogens with one attached hydrogen (secondary N) is 1. The third-order valence-corrected chi connectivity index (χ3v) is 4.90. The maximum atomic E-state index is 12.6. The monoisotopic (exact) mass is 387 g/mol. The van der Waals surface area contributed by atoms with E-state index >= 15 is 0 Å². The number of aromatic amines is 1. The lowest BCUT2D eigenvalue weighted by molar-refractivity contribution is 0.725. The summed E-state index contributed by atoms with van der Waals surface area (Å²) in [4.78, 5) is 33.5. The minimum atomic E-state index is -0.527. The van der Waals surface area contributed by atoms with Gasteiger partial charge in [0.1, 0.15) is 11.5 Å². The van der Waals surface area contributed by atoms with Crippen LogP contribution in [-0.2, 0) is 13.1 Å². The lowest BCUT2D eigenvalue weighted by Gasteiger charge is -2.22. The third-order valence-electron chi connectivity index (χ3n) is 4.90. The first kappa shape index (κ1) is 18.5. The molecular formula is C22H21N5O2. The fraction of sp³-hybridized carbons (Fsp3) is 0.136. The maximum Gasteiger partial charge on any atom is 0.330 e. The minimum absolute atomic E-state index is 0.137. The summed E-state index contributed by atoms with van der Waals surface area (Å²) >= 11 is 0. The normalized spacial score (nSPS) is 10.9. The van der Waals surface area contributed by atoms with E-state index in [2.05, 4.69) is 9.97 Å². The van der Waals surface area contributed by atoms with Gasteiger partial charge in [-0.25, -0.2) is 4.79 Å². The Morgan fingerprint density at radius 3 is 2.59 bits per heavy atom. The van der Waals surface area contributed by atoms with E-state index in [1.165, 1.54) is 4.57 Å². The van der Waals surface area contributed by atoms with E-state index in [4.69, 9.17) is 5.73 Å². The lowest BCUT2D eigenvalue weighted by Crippen LogP contribution is -2.37. The number of hydrogen-bond acceptors (Lipinski definition) is 5. The molecular weight excluding hydrogens is 366 g/mol. The summed E-state index contributed by atoms with van der Waals surface area (Å²) in [5, 5.41) is 1.02. The number of nitrogen functional groups attached to an aromatic ring is 1. The first-order valence-electron chi connectivity index (χ1n) is 9.25. The molecule has 0 fully saturated rings. The number of nitrogens with two attached hydrogens (primary N) is 1. The number of fused-ring (bicyclic) bond motifs is 1. The van der Waals surface area contributed by atoms with Crippen LogP contribution in [0.15, 0.2) is 76.4 Å². The highest BCUT2D eigenvalue weighted by molar-refractivity contribution is 5.82. The van der Waals surface area contributed by atoms with Crippen molar-refractivity contribution in [3.05, 3.63) is 98.8 Å². The van der Waals surface area contributed by atoms with Crippen molar-refractivity contribution in [1.82, 2.24) is 14.5 Å². The van der Waals surface area contributed by atoms with Crippen LogP contribution in [0.1, 0.15) is 11.1 Å². The average Bonchev–Trinajstić information content (AvgIpc) is 2.72. The topological polar surface area (TPSA) is 97.0 Å². The number of H-pyrrole nitrogens is 1. The van der Waals surface area contributed by atoms with E-state index in [1.54, 1.807) is 18.1 Å². The summed E-state index contributed by atoms with van der Waals surface area (Å²) in [6.07, 6.45) is 1.74. The molecule has 29 heavy (non-hydrogen) atoms. The molecule has 0 saturated heterocycles. The molecule has 4 aromatic rings. The molecule has 0 saturated carbocycles. The Labute approximate surface area is 167 Å². The van der Waals surface area contributed by atoms with Crippen LogP contribution in [0.5, 0.6) is 0 Å². The van der Waals surface area contributed by atoms with Crippen molar-refractivity contribution in [2.75, 3.05) is 17.7 Å². The zero-order valence-corrected chi connectivity index (χ0v) is 16.0. The second-order valence-electron chi connectivity index (χ2n) is 6.91. The molecule has 0 bridgehead atoms. The number of hydrogen-bond donors (Lipinski definition) is 2. The Kier molecular flexibility index (Phi) is 4.87. The third kappa shape index (κ3) is 3.62. The Morgan fingerprint density at radius 1 is 1.03 bits per heavy atom. The molecule has 0 atom stereocenters. The zero-order valence-electron chi connectivity index (χ0n) is 16.0. The van der Waals surface area contributed by atoms with Crippen LogP contribution < -0.4 is 21.9 Å².